The van der Waals surface area contributed by atoms with Crippen LogP contribution in [0.5, 0.6) is 11.5 Å². The second-order valence-corrected chi connectivity index (χ2v) is 8.00. The van der Waals surface area contributed by atoms with Crippen molar-refractivity contribution in [1.29, 1.82) is 0 Å². The topological polar surface area (TPSA) is 24.9 Å². The number of hydrogen-bond donors (Lipinski definition) is 0. The molecule has 0 N–H and O–H groups in total. The number of halogens is 2. The van der Waals surface area contributed by atoms with Crippen LogP contribution in [0.15, 0.2) is 48.5 Å². The van der Waals surface area contributed by atoms with Crippen molar-refractivity contribution in [3.8, 4) is 11.5 Å². The molecule has 1 saturated heterocycles. The summed E-state index contributed by atoms with van der Waals surface area (Å²) < 4.78 is 11.2. The molecule has 2 aromatic rings. The van der Waals surface area contributed by atoms with Gasteiger partial charge in [-0.1, -0.05) is 37.5 Å². The minimum absolute atomic E-state index is 0. The summed E-state index contributed by atoms with van der Waals surface area (Å²) in [5.74, 6) is 1.78. The van der Waals surface area contributed by atoms with Crippen LogP contribution in [-0.4, -0.2) is 45.3 Å². The van der Waals surface area contributed by atoms with Gasteiger partial charge in [0.25, 0.3) is 0 Å². The third-order valence-electron chi connectivity index (χ3n) is 6.58. The molecule has 0 aromatic heterocycles. The summed E-state index contributed by atoms with van der Waals surface area (Å²) in [4.78, 5) is 5.25. The highest BCUT2D eigenvalue weighted by Gasteiger charge is 2.41. The molecule has 0 radical (unpaired) electrons. The summed E-state index contributed by atoms with van der Waals surface area (Å²) in [6.07, 6.45) is 6.35. The summed E-state index contributed by atoms with van der Waals surface area (Å²) in [5, 5.41) is 0. The van der Waals surface area contributed by atoms with Gasteiger partial charge in [0.05, 0.1) is 14.2 Å². The molecule has 0 spiro atoms. The van der Waals surface area contributed by atoms with Crippen molar-refractivity contribution in [2.24, 2.45) is 0 Å². The van der Waals surface area contributed by atoms with Gasteiger partial charge in [0.1, 0.15) is 11.5 Å². The number of benzene rings is 2. The molecule has 1 aliphatic carbocycles. The maximum absolute atomic E-state index is 5.59. The lowest BCUT2D eigenvalue weighted by molar-refractivity contribution is 0.0413. The highest BCUT2D eigenvalue weighted by molar-refractivity contribution is 5.85. The van der Waals surface area contributed by atoms with Crippen LogP contribution >= 0.6 is 24.8 Å². The Morgan fingerprint density at radius 3 is 1.83 bits per heavy atom. The number of para-hydroxylation sites is 1. The molecule has 2 fully saturated rings. The van der Waals surface area contributed by atoms with E-state index < -0.39 is 0 Å². The van der Waals surface area contributed by atoms with Gasteiger partial charge in [0.15, 0.2) is 0 Å². The minimum Gasteiger partial charge on any atom is -0.497 e. The number of hydrogen-bond acceptors (Lipinski definition) is 4. The monoisotopic (exact) mass is 452 g/mol. The zero-order valence-corrected chi connectivity index (χ0v) is 19.6. The van der Waals surface area contributed by atoms with Gasteiger partial charge in [-0.15, -0.1) is 24.8 Å². The average Bonchev–Trinajstić information content (AvgIpc) is 2.80. The van der Waals surface area contributed by atoms with Crippen molar-refractivity contribution in [1.82, 2.24) is 4.90 Å². The van der Waals surface area contributed by atoms with Gasteiger partial charge in [-0.3, -0.25) is 4.90 Å². The number of rotatable bonds is 5. The Balaban J connectivity index is 0.00000160. The summed E-state index contributed by atoms with van der Waals surface area (Å²) in [6.45, 7) is 4.34. The van der Waals surface area contributed by atoms with Crippen LogP contribution in [0.4, 0.5) is 5.69 Å². The molecule has 4 nitrogen and oxygen atoms in total. The van der Waals surface area contributed by atoms with Gasteiger partial charge in [-0.25, -0.2) is 0 Å². The highest BCUT2D eigenvalue weighted by Crippen LogP contribution is 2.45. The van der Waals surface area contributed by atoms with Crippen LogP contribution in [-0.2, 0) is 5.54 Å². The van der Waals surface area contributed by atoms with E-state index in [-0.39, 0.29) is 30.4 Å². The fraction of sp³-hybridized carbons (Fsp3) is 0.500. The molecule has 6 heteroatoms. The number of piperazine rings is 1. The molecule has 0 bridgehead atoms. The molecule has 30 heavy (non-hydrogen) atoms. The Kier molecular flexibility index (Phi) is 9.14. The first-order chi connectivity index (χ1) is 13.7. The van der Waals surface area contributed by atoms with E-state index in [0.29, 0.717) is 0 Å². The highest BCUT2D eigenvalue weighted by atomic mass is 35.5. The van der Waals surface area contributed by atoms with Crippen LogP contribution in [0.25, 0.3) is 0 Å². The Hall–Kier alpha value is -1.62. The number of ether oxygens (including phenoxy) is 2. The van der Waals surface area contributed by atoms with Gasteiger partial charge in [0, 0.05) is 43.5 Å². The lowest BCUT2D eigenvalue weighted by atomic mass is 9.74. The molecule has 0 amide bonds. The van der Waals surface area contributed by atoms with Crippen molar-refractivity contribution < 1.29 is 9.47 Å². The van der Waals surface area contributed by atoms with E-state index in [1.165, 1.54) is 43.4 Å². The van der Waals surface area contributed by atoms with Crippen LogP contribution in [0.1, 0.15) is 37.7 Å². The quantitative estimate of drug-likeness (QED) is 0.595. The maximum Gasteiger partial charge on any atom is 0.122 e. The predicted molar refractivity (Wildman–Crippen MR) is 129 cm³/mol. The Morgan fingerprint density at radius 1 is 0.733 bits per heavy atom. The number of anilines is 1. The molecule has 1 aliphatic heterocycles. The molecule has 1 heterocycles. The lowest BCUT2D eigenvalue weighted by Crippen LogP contribution is -2.56. The van der Waals surface area contributed by atoms with Crippen molar-refractivity contribution in [2.75, 3.05) is 45.3 Å². The summed E-state index contributed by atoms with van der Waals surface area (Å²) in [6, 6.07) is 17.2. The van der Waals surface area contributed by atoms with E-state index in [2.05, 4.69) is 52.3 Å². The largest absolute Gasteiger partial charge is 0.497 e. The van der Waals surface area contributed by atoms with Crippen LogP contribution in [0.3, 0.4) is 0 Å². The third-order valence-corrected chi connectivity index (χ3v) is 6.58. The smallest absolute Gasteiger partial charge is 0.122 e. The van der Waals surface area contributed by atoms with Gasteiger partial charge >= 0.3 is 0 Å². The Labute approximate surface area is 193 Å². The second kappa shape index (κ2) is 11.1. The summed E-state index contributed by atoms with van der Waals surface area (Å²) >= 11 is 0. The first-order valence-corrected chi connectivity index (χ1v) is 10.5. The second-order valence-electron chi connectivity index (χ2n) is 8.00. The van der Waals surface area contributed by atoms with Crippen molar-refractivity contribution in [3.63, 3.8) is 0 Å². The average molecular weight is 453 g/mol. The van der Waals surface area contributed by atoms with Crippen LogP contribution in [0, 0.1) is 0 Å². The molecule has 2 aromatic carbocycles. The zero-order chi connectivity index (χ0) is 19.4. The van der Waals surface area contributed by atoms with Gasteiger partial charge < -0.3 is 14.4 Å². The lowest BCUT2D eigenvalue weighted by Gasteiger charge is -2.50. The van der Waals surface area contributed by atoms with Crippen molar-refractivity contribution in [3.05, 3.63) is 54.1 Å². The zero-order valence-electron chi connectivity index (χ0n) is 18.0. The number of nitrogens with zero attached hydrogens (tertiary/aromatic N) is 2. The van der Waals surface area contributed by atoms with Gasteiger partial charge in [0.2, 0.25) is 0 Å². The van der Waals surface area contributed by atoms with E-state index in [4.69, 9.17) is 9.47 Å². The summed E-state index contributed by atoms with van der Waals surface area (Å²) in [7, 11) is 3.48. The van der Waals surface area contributed by atoms with E-state index in [0.717, 1.165) is 37.7 Å². The first kappa shape index (κ1) is 24.6. The van der Waals surface area contributed by atoms with Gasteiger partial charge in [-0.05, 0) is 42.7 Å². The Morgan fingerprint density at radius 2 is 1.30 bits per heavy atom. The fourth-order valence-corrected chi connectivity index (χ4v) is 5.03. The van der Waals surface area contributed by atoms with E-state index in [9.17, 15) is 0 Å². The molecule has 0 atom stereocenters. The maximum atomic E-state index is 5.59. The predicted octanol–water partition coefficient (Wildman–Crippen LogP) is 5.53. The molecular formula is C24H34Cl2N2O2. The van der Waals surface area contributed by atoms with Crippen molar-refractivity contribution >= 4 is 30.5 Å². The van der Waals surface area contributed by atoms with E-state index >= 15 is 0 Å². The minimum atomic E-state index is 0. The molecule has 1 saturated carbocycles. The van der Waals surface area contributed by atoms with Crippen LogP contribution < -0.4 is 14.4 Å². The van der Waals surface area contributed by atoms with Crippen LogP contribution in [0.2, 0.25) is 0 Å². The molecule has 2 aliphatic rings. The SMILES string of the molecule is COc1cc(OC)cc(C2(N3CCN(c4ccccc4)CC3)CCCCC2)c1.Cl.Cl. The summed E-state index contributed by atoms with van der Waals surface area (Å²) in [5.41, 5.74) is 2.79. The van der Waals surface area contributed by atoms with E-state index in [1.807, 2.05) is 6.07 Å². The molecule has 4 rings (SSSR count). The third kappa shape index (κ3) is 4.99. The molecule has 166 valence electrons. The van der Waals surface area contributed by atoms with Gasteiger partial charge in [-0.2, -0.15) is 0 Å². The van der Waals surface area contributed by atoms with Crippen molar-refractivity contribution in [2.45, 2.75) is 37.6 Å². The number of methoxy groups -OCH3 is 2. The standard InChI is InChI=1S/C24H32N2O2.2ClH/c1-27-22-17-20(18-23(19-22)28-2)24(11-7-4-8-12-24)26-15-13-25(14-16-26)21-9-5-3-6-10-21;;/h3,5-6,9-10,17-19H,4,7-8,11-16H2,1-2H3;2*1H. The normalized spacial score (nSPS) is 18.7. The fourth-order valence-electron chi connectivity index (χ4n) is 5.03. The first-order valence-electron chi connectivity index (χ1n) is 10.5. The molecular weight excluding hydrogens is 419 g/mol. The Bertz CT molecular complexity index is 752. The molecule has 0 unspecified atom stereocenters. The van der Waals surface area contributed by atoms with E-state index in [1.54, 1.807) is 14.2 Å².